The molecule has 28 heavy (non-hydrogen) atoms. The molecule has 1 aromatic heterocycles. The first-order valence-corrected chi connectivity index (χ1v) is 10.5. The number of hydrogen-bond acceptors (Lipinski definition) is 6. The molecule has 0 bridgehead atoms. The lowest BCUT2D eigenvalue weighted by atomic mass is 10.0. The van der Waals surface area contributed by atoms with Gasteiger partial charge in [-0.15, -0.1) is 0 Å². The lowest BCUT2D eigenvalue weighted by Crippen LogP contribution is -2.45. The second-order valence-electron chi connectivity index (χ2n) is 7.53. The summed E-state index contributed by atoms with van der Waals surface area (Å²) in [7, 11) is 0. The molecule has 1 N–H and O–H groups in total. The summed E-state index contributed by atoms with van der Waals surface area (Å²) in [5.74, 6) is 1.30. The highest BCUT2D eigenvalue weighted by Gasteiger charge is 2.40. The largest absolute Gasteiger partial charge is 0.370 e. The third kappa shape index (κ3) is 4.45. The standard InChI is InChI=1S/C22H30N4O2/c1-2-3-7-12-23-20-17-19(18-8-5-4-6-9-18)24-21(25-20)26-13-10-22(11-14-26)27-15-16-28-22/h4-6,8-9,17H,2-3,7,10-16H2,1H3,(H,23,24,25). The lowest BCUT2D eigenvalue weighted by Gasteiger charge is -2.37. The third-order valence-corrected chi connectivity index (χ3v) is 5.49. The molecule has 2 aromatic rings. The maximum Gasteiger partial charge on any atom is 0.227 e. The van der Waals surface area contributed by atoms with Crippen molar-refractivity contribution < 1.29 is 9.47 Å². The molecule has 0 amide bonds. The maximum atomic E-state index is 5.86. The molecule has 2 fully saturated rings. The lowest BCUT2D eigenvalue weighted by molar-refractivity contribution is -0.169. The number of unbranched alkanes of at least 4 members (excludes halogenated alkanes) is 2. The monoisotopic (exact) mass is 382 g/mol. The van der Waals surface area contributed by atoms with Gasteiger partial charge in [-0.25, -0.2) is 4.98 Å². The summed E-state index contributed by atoms with van der Waals surface area (Å²) in [5, 5.41) is 3.49. The Morgan fingerprint density at radius 2 is 1.79 bits per heavy atom. The van der Waals surface area contributed by atoms with Crippen molar-refractivity contribution in [2.24, 2.45) is 0 Å². The topological polar surface area (TPSA) is 59.5 Å². The van der Waals surface area contributed by atoms with Gasteiger partial charge < -0.3 is 19.7 Å². The molecular formula is C22H30N4O2. The minimum Gasteiger partial charge on any atom is -0.370 e. The van der Waals surface area contributed by atoms with E-state index in [0.29, 0.717) is 13.2 Å². The molecule has 0 saturated carbocycles. The van der Waals surface area contributed by atoms with Crippen LogP contribution in [0.3, 0.4) is 0 Å². The molecule has 2 aliphatic heterocycles. The van der Waals surface area contributed by atoms with Crippen LogP contribution in [-0.4, -0.2) is 48.6 Å². The zero-order valence-electron chi connectivity index (χ0n) is 16.7. The van der Waals surface area contributed by atoms with Gasteiger partial charge in [-0.1, -0.05) is 50.1 Å². The number of piperidine rings is 1. The fourth-order valence-corrected chi connectivity index (χ4v) is 3.85. The van der Waals surface area contributed by atoms with Crippen molar-refractivity contribution >= 4 is 11.8 Å². The number of anilines is 2. The van der Waals surface area contributed by atoms with Crippen LogP contribution in [0.1, 0.15) is 39.0 Å². The molecule has 1 spiro atoms. The zero-order valence-corrected chi connectivity index (χ0v) is 16.7. The van der Waals surface area contributed by atoms with Gasteiger partial charge in [0.05, 0.1) is 18.9 Å². The van der Waals surface area contributed by atoms with Crippen LogP contribution in [-0.2, 0) is 9.47 Å². The third-order valence-electron chi connectivity index (χ3n) is 5.49. The van der Waals surface area contributed by atoms with Gasteiger partial charge in [0.2, 0.25) is 5.95 Å². The Hall–Kier alpha value is -2.18. The fourth-order valence-electron chi connectivity index (χ4n) is 3.85. The first kappa shape index (κ1) is 19.2. The summed E-state index contributed by atoms with van der Waals surface area (Å²) in [5.41, 5.74) is 2.07. The van der Waals surface area contributed by atoms with Crippen LogP contribution < -0.4 is 10.2 Å². The van der Waals surface area contributed by atoms with Gasteiger partial charge in [-0.3, -0.25) is 0 Å². The zero-order chi connectivity index (χ0) is 19.2. The molecule has 0 radical (unpaired) electrons. The molecule has 150 valence electrons. The Morgan fingerprint density at radius 1 is 1.04 bits per heavy atom. The summed E-state index contributed by atoms with van der Waals surface area (Å²) >= 11 is 0. The van der Waals surface area contributed by atoms with Gasteiger partial charge in [-0.2, -0.15) is 4.98 Å². The van der Waals surface area contributed by atoms with Gasteiger partial charge in [-0.05, 0) is 6.42 Å². The summed E-state index contributed by atoms with van der Waals surface area (Å²) in [4.78, 5) is 11.9. The van der Waals surface area contributed by atoms with Gasteiger partial charge in [0.15, 0.2) is 5.79 Å². The average molecular weight is 383 g/mol. The summed E-state index contributed by atoms with van der Waals surface area (Å²) in [6.45, 7) is 6.24. The molecule has 6 heteroatoms. The van der Waals surface area contributed by atoms with Crippen molar-refractivity contribution in [2.45, 2.75) is 44.8 Å². The quantitative estimate of drug-likeness (QED) is 0.728. The van der Waals surface area contributed by atoms with E-state index in [2.05, 4.69) is 35.3 Å². The Balaban J connectivity index is 1.53. The number of benzene rings is 1. The Morgan fingerprint density at radius 3 is 2.50 bits per heavy atom. The highest BCUT2D eigenvalue weighted by molar-refractivity contribution is 5.64. The van der Waals surface area contributed by atoms with Crippen LogP contribution in [0.5, 0.6) is 0 Å². The number of nitrogens with one attached hydrogen (secondary N) is 1. The van der Waals surface area contributed by atoms with E-state index in [1.165, 1.54) is 12.8 Å². The van der Waals surface area contributed by atoms with Gasteiger partial charge in [0.25, 0.3) is 0 Å². The predicted octanol–water partition coefficient (Wildman–Crippen LogP) is 4.09. The highest BCUT2D eigenvalue weighted by atomic mass is 16.7. The molecule has 1 aromatic carbocycles. The van der Waals surface area contributed by atoms with E-state index in [9.17, 15) is 0 Å². The Labute approximate surface area is 167 Å². The minimum absolute atomic E-state index is 0.380. The van der Waals surface area contributed by atoms with E-state index in [0.717, 1.165) is 61.9 Å². The first-order valence-electron chi connectivity index (χ1n) is 10.5. The molecule has 2 aliphatic rings. The van der Waals surface area contributed by atoms with Crippen molar-refractivity contribution in [3.63, 3.8) is 0 Å². The average Bonchev–Trinajstić information content (AvgIpc) is 3.20. The minimum atomic E-state index is -0.380. The van der Waals surface area contributed by atoms with Gasteiger partial charge >= 0.3 is 0 Å². The van der Waals surface area contributed by atoms with Crippen molar-refractivity contribution in [1.82, 2.24) is 9.97 Å². The highest BCUT2D eigenvalue weighted by Crippen LogP contribution is 2.33. The number of nitrogens with zero attached hydrogens (tertiary/aromatic N) is 3. The van der Waals surface area contributed by atoms with Gasteiger partial charge in [0.1, 0.15) is 5.82 Å². The number of rotatable bonds is 7. The smallest absolute Gasteiger partial charge is 0.227 e. The van der Waals surface area contributed by atoms with E-state index in [4.69, 9.17) is 19.4 Å². The molecule has 0 aliphatic carbocycles. The van der Waals surface area contributed by atoms with Crippen LogP contribution in [0.25, 0.3) is 11.3 Å². The second-order valence-corrected chi connectivity index (χ2v) is 7.53. The van der Waals surface area contributed by atoms with E-state index in [-0.39, 0.29) is 5.79 Å². The molecule has 3 heterocycles. The van der Waals surface area contributed by atoms with Crippen LogP contribution in [0.2, 0.25) is 0 Å². The van der Waals surface area contributed by atoms with Crippen LogP contribution in [0.4, 0.5) is 11.8 Å². The summed E-state index contributed by atoms with van der Waals surface area (Å²) in [6, 6.07) is 12.4. The van der Waals surface area contributed by atoms with E-state index in [1.54, 1.807) is 0 Å². The molecule has 0 atom stereocenters. The fraction of sp³-hybridized carbons (Fsp3) is 0.545. The Kier molecular flexibility index (Phi) is 6.07. The molecule has 6 nitrogen and oxygen atoms in total. The Bertz CT molecular complexity index is 752. The summed E-state index contributed by atoms with van der Waals surface area (Å²) < 4.78 is 11.7. The summed E-state index contributed by atoms with van der Waals surface area (Å²) in [6.07, 6.45) is 5.30. The van der Waals surface area contributed by atoms with Crippen LogP contribution in [0, 0.1) is 0 Å². The van der Waals surface area contributed by atoms with Crippen molar-refractivity contribution in [1.29, 1.82) is 0 Å². The number of ether oxygens (including phenoxy) is 2. The van der Waals surface area contributed by atoms with Crippen LogP contribution >= 0.6 is 0 Å². The molecule has 2 saturated heterocycles. The van der Waals surface area contributed by atoms with Crippen LogP contribution in [0.15, 0.2) is 36.4 Å². The molecular weight excluding hydrogens is 352 g/mol. The van der Waals surface area contributed by atoms with E-state index < -0.39 is 0 Å². The van der Waals surface area contributed by atoms with Crippen molar-refractivity contribution in [3.05, 3.63) is 36.4 Å². The normalized spacial score (nSPS) is 18.5. The molecule has 0 unspecified atom stereocenters. The maximum absolute atomic E-state index is 5.86. The van der Waals surface area contributed by atoms with Gasteiger partial charge in [0, 0.05) is 44.1 Å². The second kappa shape index (κ2) is 8.88. The van der Waals surface area contributed by atoms with E-state index in [1.807, 2.05) is 18.2 Å². The predicted molar refractivity (Wildman–Crippen MR) is 112 cm³/mol. The SMILES string of the molecule is CCCCCNc1cc(-c2ccccc2)nc(N2CCC3(CC2)OCCO3)n1. The van der Waals surface area contributed by atoms with Crippen molar-refractivity contribution in [3.8, 4) is 11.3 Å². The molecule has 4 rings (SSSR count). The van der Waals surface area contributed by atoms with E-state index >= 15 is 0 Å². The van der Waals surface area contributed by atoms with Crippen molar-refractivity contribution in [2.75, 3.05) is 43.1 Å². The number of aromatic nitrogens is 2. The number of hydrogen-bond donors (Lipinski definition) is 1. The first-order chi connectivity index (χ1) is 13.8.